The van der Waals surface area contributed by atoms with Crippen LogP contribution in [0, 0.1) is 6.92 Å². The highest BCUT2D eigenvalue weighted by molar-refractivity contribution is 7.91. The molecule has 0 bridgehead atoms. The predicted octanol–water partition coefficient (Wildman–Crippen LogP) is 1.69. The van der Waals surface area contributed by atoms with Gasteiger partial charge in [0, 0.05) is 43.2 Å². The zero-order valence-corrected chi connectivity index (χ0v) is 15.1. The molecule has 0 saturated carbocycles. The number of hydrogen-bond donors (Lipinski definition) is 0. The Kier molecular flexibility index (Phi) is 4.08. The second kappa shape index (κ2) is 6.14. The third-order valence-corrected chi connectivity index (χ3v) is 7.11. The first-order chi connectivity index (χ1) is 11.9. The summed E-state index contributed by atoms with van der Waals surface area (Å²) < 4.78 is 29.1. The lowest BCUT2D eigenvalue weighted by Crippen LogP contribution is -2.52. The predicted molar refractivity (Wildman–Crippen MR) is 95.5 cm³/mol. The van der Waals surface area contributed by atoms with Crippen LogP contribution >= 0.6 is 0 Å². The highest BCUT2D eigenvalue weighted by atomic mass is 32.2. The number of sulfone groups is 1. The van der Waals surface area contributed by atoms with Crippen molar-refractivity contribution in [3.8, 4) is 0 Å². The minimum Gasteiger partial charge on any atom is -0.451 e. The minimum atomic E-state index is -2.88. The van der Waals surface area contributed by atoms with Gasteiger partial charge in [0.1, 0.15) is 5.58 Å². The van der Waals surface area contributed by atoms with E-state index in [1.165, 1.54) is 0 Å². The molecule has 2 aromatic rings. The van der Waals surface area contributed by atoms with Crippen molar-refractivity contribution in [3.05, 3.63) is 35.6 Å². The standard InChI is InChI=1S/C18H22N2O4S/c1-13-15-4-2-3-5-16(15)24-17(13)18(21)20-9-7-19(8-10-20)14-6-11-25(22,23)12-14/h2-5,14H,6-12H2,1H3/t14-/m0/s1. The van der Waals surface area contributed by atoms with Gasteiger partial charge in [0.2, 0.25) is 0 Å². The van der Waals surface area contributed by atoms with Gasteiger partial charge in [-0.1, -0.05) is 18.2 Å². The summed E-state index contributed by atoms with van der Waals surface area (Å²) in [5, 5.41) is 0.973. The number of aryl methyl sites for hydroxylation is 1. The lowest BCUT2D eigenvalue weighted by molar-refractivity contribution is 0.0560. The van der Waals surface area contributed by atoms with E-state index in [0.29, 0.717) is 38.4 Å². The Hall–Kier alpha value is -1.86. The summed E-state index contributed by atoms with van der Waals surface area (Å²) in [6.45, 7) is 4.55. The first kappa shape index (κ1) is 16.6. The Balaban J connectivity index is 1.45. The van der Waals surface area contributed by atoms with Crippen molar-refractivity contribution in [2.75, 3.05) is 37.7 Å². The Morgan fingerprint density at radius 1 is 1.16 bits per heavy atom. The monoisotopic (exact) mass is 362 g/mol. The highest BCUT2D eigenvalue weighted by Crippen LogP contribution is 2.26. The number of furan rings is 1. The van der Waals surface area contributed by atoms with Crippen LogP contribution in [0.1, 0.15) is 22.5 Å². The van der Waals surface area contributed by atoms with Crippen LogP contribution in [-0.4, -0.2) is 67.9 Å². The fraction of sp³-hybridized carbons (Fsp3) is 0.500. The molecule has 1 atom stereocenters. The number of benzene rings is 1. The van der Waals surface area contributed by atoms with E-state index in [-0.39, 0.29) is 23.5 Å². The van der Waals surface area contributed by atoms with Crippen LogP contribution < -0.4 is 0 Å². The molecule has 1 aromatic carbocycles. The van der Waals surface area contributed by atoms with Gasteiger partial charge in [0.25, 0.3) is 5.91 Å². The molecule has 4 rings (SSSR count). The van der Waals surface area contributed by atoms with Crippen LogP contribution in [0.4, 0.5) is 0 Å². The molecule has 2 aliphatic heterocycles. The molecule has 0 spiro atoms. The second-order valence-electron chi connectivity index (χ2n) is 6.94. The molecule has 0 aliphatic carbocycles. The van der Waals surface area contributed by atoms with E-state index in [9.17, 15) is 13.2 Å². The van der Waals surface area contributed by atoms with Crippen LogP contribution in [-0.2, 0) is 9.84 Å². The Morgan fingerprint density at radius 3 is 2.52 bits per heavy atom. The van der Waals surface area contributed by atoms with Crippen LogP contribution in [0.25, 0.3) is 11.0 Å². The van der Waals surface area contributed by atoms with Gasteiger partial charge >= 0.3 is 0 Å². The largest absolute Gasteiger partial charge is 0.451 e. The number of piperazine rings is 1. The number of nitrogens with zero attached hydrogens (tertiary/aromatic N) is 2. The van der Waals surface area contributed by atoms with Gasteiger partial charge < -0.3 is 9.32 Å². The minimum absolute atomic E-state index is 0.0765. The first-order valence-corrected chi connectivity index (χ1v) is 10.5. The first-order valence-electron chi connectivity index (χ1n) is 8.66. The molecular weight excluding hydrogens is 340 g/mol. The van der Waals surface area contributed by atoms with Gasteiger partial charge in [0.05, 0.1) is 11.5 Å². The normalized spacial score (nSPS) is 24.0. The van der Waals surface area contributed by atoms with Crippen LogP contribution in [0.2, 0.25) is 0 Å². The summed E-state index contributed by atoms with van der Waals surface area (Å²) in [7, 11) is -2.88. The van der Waals surface area contributed by atoms with Crippen molar-refractivity contribution in [1.29, 1.82) is 0 Å². The highest BCUT2D eigenvalue weighted by Gasteiger charge is 2.35. The van der Waals surface area contributed by atoms with Gasteiger partial charge in [-0.15, -0.1) is 0 Å². The van der Waals surface area contributed by atoms with E-state index >= 15 is 0 Å². The molecule has 2 saturated heterocycles. The molecule has 0 unspecified atom stereocenters. The third kappa shape index (κ3) is 3.06. The molecule has 1 amide bonds. The zero-order chi connectivity index (χ0) is 17.6. The number of rotatable bonds is 2. The maximum Gasteiger partial charge on any atom is 0.289 e. The van der Waals surface area contributed by atoms with Gasteiger partial charge in [-0.3, -0.25) is 9.69 Å². The molecule has 7 heteroatoms. The molecule has 134 valence electrons. The number of carbonyl (C=O) groups is 1. The summed E-state index contributed by atoms with van der Waals surface area (Å²) in [5.41, 5.74) is 1.61. The van der Waals surface area contributed by atoms with E-state index in [2.05, 4.69) is 4.90 Å². The number of fused-ring (bicyclic) bond motifs is 1. The van der Waals surface area contributed by atoms with Crippen LogP contribution in [0.3, 0.4) is 0 Å². The Morgan fingerprint density at radius 2 is 1.88 bits per heavy atom. The SMILES string of the molecule is Cc1c(C(=O)N2CCN([C@H]3CCS(=O)(=O)C3)CC2)oc2ccccc12. The average Bonchev–Trinajstić information content (AvgIpc) is 3.15. The Labute approximate surface area is 147 Å². The van der Waals surface area contributed by atoms with E-state index in [4.69, 9.17) is 4.42 Å². The molecule has 3 heterocycles. The number of amides is 1. The van der Waals surface area contributed by atoms with E-state index in [1.54, 1.807) is 0 Å². The van der Waals surface area contributed by atoms with Crippen molar-refractivity contribution in [2.24, 2.45) is 0 Å². The van der Waals surface area contributed by atoms with E-state index in [0.717, 1.165) is 16.5 Å². The van der Waals surface area contributed by atoms with Crippen LogP contribution in [0.15, 0.2) is 28.7 Å². The molecule has 0 N–H and O–H groups in total. The fourth-order valence-corrected chi connectivity index (χ4v) is 5.64. The van der Waals surface area contributed by atoms with E-state index in [1.807, 2.05) is 36.1 Å². The second-order valence-corrected chi connectivity index (χ2v) is 9.17. The maximum absolute atomic E-state index is 12.8. The smallest absolute Gasteiger partial charge is 0.289 e. The number of para-hydroxylation sites is 1. The molecule has 0 radical (unpaired) electrons. The number of carbonyl (C=O) groups excluding carboxylic acids is 1. The van der Waals surface area contributed by atoms with Gasteiger partial charge in [-0.2, -0.15) is 0 Å². The lowest BCUT2D eigenvalue weighted by Gasteiger charge is -2.37. The summed E-state index contributed by atoms with van der Waals surface area (Å²) in [6.07, 6.45) is 0.707. The summed E-state index contributed by atoms with van der Waals surface area (Å²) in [6, 6.07) is 7.78. The van der Waals surface area contributed by atoms with Crippen molar-refractivity contribution in [2.45, 2.75) is 19.4 Å². The molecule has 6 nitrogen and oxygen atoms in total. The van der Waals surface area contributed by atoms with Crippen molar-refractivity contribution >= 4 is 26.7 Å². The average molecular weight is 362 g/mol. The zero-order valence-electron chi connectivity index (χ0n) is 14.3. The summed E-state index contributed by atoms with van der Waals surface area (Å²) in [5.74, 6) is 0.879. The molecule has 1 aromatic heterocycles. The lowest BCUT2D eigenvalue weighted by atomic mass is 10.1. The maximum atomic E-state index is 12.8. The van der Waals surface area contributed by atoms with Crippen LogP contribution in [0.5, 0.6) is 0 Å². The molecule has 2 aliphatic rings. The summed E-state index contributed by atoms with van der Waals surface area (Å²) >= 11 is 0. The molecule has 2 fully saturated rings. The number of hydrogen-bond acceptors (Lipinski definition) is 5. The quantitative estimate of drug-likeness (QED) is 0.813. The third-order valence-electron chi connectivity index (χ3n) is 5.36. The van der Waals surface area contributed by atoms with Gasteiger partial charge in [-0.25, -0.2) is 8.42 Å². The van der Waals surface area contributed by atoms with Gasteiger partial charge in [0.15, 0.2) is 15.6 Å². The van der Waals surface area contributed by atoms with E-state index < -0.39 is 9.84 Å². The molecule has 25 heavy (non-hydrogen) atoms. The van der Waals surface area contributed by atoms with Gasteiger partial charge in [-0.05, 0) is 19.4 Å². The van der Waals surface area contributed by atoms with Crippen molar-refractivity contribution in [3.63, 3.8) is 0 Å². The van der Waals surface area contributed by atoms with Crippen molar-refractivity contribution < 1.29 is 17.6 Å². The fourth-order valence-electron chi connectivity index (χ4n) is 3.88. The molecular formula is C18H22N2O4S. The van der Waals surface area contributed by atoms with Crippen molar-refractivity contribution in [1.82, 2.24) is 9.80 Å². The topological polar surface area (TPSA) is 70.8 Å². The Bertz CT molecular complexity index is 910. The summed E-state index contributed by atoms with van der Waals surface area (Å²) in [4.78, 5) is 16.9.